The van der Waals surface area contributed by atoms with E-state index in [1.807, 2.05) is 25.2 Å². The van der Waals surface area contributed by atoms with E-state index >= 15 is 0 Å². The first-order valence-electron chi connectivity index (χ1n) is 7.85. The molecule has 0 saturated carbocycles. The van der Waals surface area contributed by atoms with Crippen molar-refractivity contribution in [1.82, 2.24) is 4.57 Å². The Morgan fingerprint density at radius 2 is 1.74 bits per heavy atom. The van der Waals surface area contributed by atoms with Gasteiger partial charge in [-0.2, -0.15) is 5.10 Å². The Morgan fingerprint density at radius 3 is 2.43 bits per heavy atom. The molecule has 0 atom stereocenters. The first kappa shape index (κ1) is 15.7. The molecule has 0 aliphatic rings. The fourth-order valence-corrected chi connectivity index (χ4v) is 3.48. The number of benzene rings is 2. The number of thiazole rings is 1. The lowest BCUT2D eigenvalue weighted by Crippen LogP contribution is -2.10. The number of para-hydroxylation sites is 1. The van der Waals surface area contributed by atoms with Gasteiger partial charge in [0.05, 0.1) is 15.9 Å². The quantitative estimate of drug-likeness (QED) is 0.496. The molecule has 0 bridgehead atoms. The van der Waals surface area contributed by atoms with E-state index in [0.29, 0.717) is 5.92 Å². The first-order chi connectivity index (χ1) is 11.1. The Balaban J connectivity index is 2.06. The Bertz CT molecular complexity index is 886. The third-order valence-electron chi connectivity index (χ3n) is 3.68. The average molecular weight is 323 g/mol. The standard InChI is InChI=1S/C19H21N3S/c1-14(2)13-16(15-9-5-4-6-10-15)20-21-19-22(3)17-11-7-8-12-18(17)23-19/h4-12,14H,13H2,1-3H3. The number of fused-ring (bicyclic) bond motifs is 1. The van der Waals surface area contributed by atoms with Crippen LogP contribution in [0.2, 0.25) is 0 Å². The van der Waals surface area contributed by atoms with Gasteiger partial charge in [0, 0.05) is 7.05 Å². The zero-order valence-electron chi connectivity index (χ0n) is 13.7. The number of aromatic nitrogens is 1. The predicted molar refractivity (Wildman–Crippen MR) is 98.8 cm³/mol. The normalized spacial score (nSPS) is 13.2. The van der Waals surface area contributed by atoms with Crippen molar-refractivity contribution in [3.8, 4) is 0 Å². The minimum atomic E-state index is 0.542. The monoisotopic (exact) mass is 323 g/mol. The smallest absolute Gasteiger partial charge is 0.211 e. The number of aryl methyl sites for hydroxylation is 1. The van der Waals surface area contributed by atoms with Crippen LogP contribution in [0.25, 0.3) is 10.2 Å². The molecule has 3 nitrogen and oxygen atoms in total. The molecule has 1 aromatic heterocycles. The lowest BCUT2D eigenvalue weighted by Gasteiger charge is -2.07. The maximum atomic E-state index is 4.59. The van der Waals surface area contributed by atoms with E-state index < -0.39 is 0 Å². The second-order valence-corrected chi connectivity index (χ2v) is 7.03. The largest absolute Gasteiger partial charge is 0.318 e. The van der Waals surface area contributed by atoms with Crippen molar-refractivity contribution in [3.05, 3.63) is 65.0 Å². The lowest BCUT2D eigenvalue weighted by atomic mass is 10.0. The lowest BCUT2D eigenvalue weighted by molar-refractivity contribution is 0.682. The molecule has 0 aliphatic carbocycles. The Labute approximate surface area is 140 Å². The minimum absolute atomic E-state index is 0.542. The molecule has 0 fully saturated rings. The molecule has 0 saturated heterocycles. The van der Waals surface area contributed by atoms with Crippen molar-refractivity contribution in [2.45, 2.75) is 20.3 Å². The summed E-state index contributed by atoms with van der Waals surface area (Å²) >= 11 is 1.67. The zero-order valence-corrected chi connectivity index (χ0v) is 14.5. The topological polar surface area (TPSA) is 29.6 Å². The van der Waals surface area contributed by atoms with Crippen molar-refractivity contribution in [1.29, 1.82) is 0 Å². The summed E-state index contributed by atoms with van der Waals surface area (Å²) in [6.07, 6.45) is 0.919. The van der Waals surface area contributed by atoms with Crippen LogP contribution in [0.1, 0.15) is 25.8 Å². The van der Waals surface area contributed by atoms with Gasteiger partial charge in [-0.05, 0) is 30.0 Å². The van der Waals surface area contributed by atoms with Crippen LogP contribution in [0.3, 0.4) is 0 Å². The molecule has 23 heavy (non-hydrogen) atoms. The van der Waals surface area contributed by atoms with Gasteiger partial charge in [-0.25, -0.2) is 0 Å². The molecule has 1 heterocycles. The summed E-state index contributed by atoms with van der Waals surface area (Å²) in [5, 5.41) is 9.13. The van der Waals surface area contributed by atoms with Crippen LogP contribution < -0.4 is 4.80 Å². The Hall–Kier alpha value is -2.20. The summed E-state index contributed by atoms with van der Waals surface area (Å²) in [5.41, 5.74) is 3.38. The summed E-state index contributed by atoms with van der Waals surface area (Å²) in [6, 6.07) is 18.7. The number of hydrogen-bond donors (Lipinski definition) is 0. The Kier molecular flexibility index (Phi) is 4.72. The molecule has 3 aromatic rings. The predicted octanol–water partition coefficient (Wildman–Crippen LogP) is 4.59. The fourth-order valence-electron chi connectivity index (χ4n) is 2.51. The van der Waals surface area contributed by atoms with Crippen LogP contribution in [0.4, 0.5) is 0 Å². The number of rotatable bonds is 4. The van der Waals surface area contributed by atoms with Gasteiger partial charge in [0.2, 0.25) is 4.80 Å². The highest BCUT2D eigenvalue weighted by Crippen LogP contribution is 2.15. The SMILES string of the molecule is CC(C)CC(=NN=c1sc2ccccc2n1C)c1ccccc1. The molecule has 0 spiro atoms. The highest BCUT2D eigenvalue weighted by molar-refractivity contribution is 7.16. The fraction of sp³-hybridized carbons (Fsp3) is 0.263. The van der Waals surface area contributed by atoms with E-state index in [0.717, 1.165) is 22.5 Å². The summed E-state index contributed by atoms with van der Waals surface area (Å²) in [5.74, 6) is 0.542. The van der Waals surface area contributed by atoms with Crippen LogP contribution in [-0.2, 0) is 7.05 Å². The molecule has 0 aliphatic heterocycles. The van der Waals surface area contributed by atoms with Crippen LogP contribution in [0, 0.1) is 5.92 Å². The van der Waals surface area contributed by atoms with Gasteiger partial charge < -0.3 is 4.57 Å². The van der Waals surface area contributed by atoms with Crippen molar-refractivity contribution >= 4 is 27.3 Å². The molecular weight excluding hydrogens is 302 g/mol. The van der Waals surface area contributed by atoms with E-state index in [2.05, 4.69) is 65.0 Å². The van der Waals surface area contributed by atoms with Crippen molar-refractivity contribution in [2.24, 2.45) is 23.2 Å². The maximum absolute atomic E-state index is 4.59. The minimum Gasteiger partial charge on any atom is -0.318 e. The molecule has 3 rings (SSSR count). The third kappa shape index (κ3) is 3.59. The highest BCUT2D eigenvalue weighted by Gasteiger charge is 2.06. The van der Waals surface area contributed by atoms with Crippen LogP contribution in [0.5, 0.6) is 0 Å². The summed E-state index contributed by atoms with van der Waals surface area (Å²) in [6.45, 7) is 4.41. The maximum Gasteiger partial charge on any atom is 0.211 e. The number of hydrogen-bond acceptors (Lipinski definition) is 3. The Morgan fingerprint density at radius 1 is 1.04 bits per heavy atom. The van der Waals surface area contributed by atoms with Crippen molar-refractivity contribution in [3.63, 3.8) is 0 Å². The van der Waals surface area contributed by atoms with Crippen LogP contribution in [0.15, 0.2) is 64.8 Å². The van der Waals surface area contributed by atoms with Gasteiger partial charge >= 0.3 is 0 Å². The molecule has 0 radical (unpaired) electrons. The van der Waals surface area contributed by atoms with E-state index in [4.69, 9.17) is 0 Å². The van der Waals surface area contributed by atoms with E-state index in [1.54, 1.807) is 11.3 Å². The molecule has 2 aromatic carbocycles. The number of nitrogens with zero attached hydrogens (tertiary/aromatic N) is 3. The molecule has 0 N–H and O–H groups in total. The summed E-state index contributed by atoms with van der Waals surface area (Å²) in [4.78, 5) is 0.920. The average Bonchev–Trinajstić information content (AvgIpc) is 2.88. The molecule has 4 heteroatoms. The highest BCUT2D eigenvalue weighted by atomic mass is 32.1. The van der Waals surface area contributed by atoms with Gasteiger partial charge in [-0.3, -0.25) is 0 Å². The van der Waals surface area contributed by atoms with Gasteiger partial charge in [0.25, 0.3) is 0 Å². The van der Waals surface area contributed by atoms with Crippen LogP contribution >= 0.6 is 11.3 Å². The van der Waals surface area contributed by atoms with Gasteiger partial charge in [0.15, 0.2) is 0 Å². The summed E-state index contributed by atoms with van der Waals surface area (Å²) < 4.78 is 3.33. The van der Waals surface area contributed by atoms with Crippen molar-refractivity contribution in [2.75, 3.05) is 0 Å². The molecular formula is C19H21N3S. The third-order valence-corrected chi connectivity index (χ3v) is 4.78. The molecule has 0 amide bonds. The second kappa shape index (κ2) is 6.92. The van der Waals surface area contributed by atoms with E-state index in [-0.39, 0.29) is 0 Å². The van der Waals surface area contributed by atoms with E-state index in [9.17, 15) is 0 Å². The zero-order chi connectivity index (χ0) is 16.2. The molecule has 0 unspecified atom stereocenters. The van der Waals surface area contributed by atoms with Crippen LogP contribution in [-0.4, -0.2) is 10.3 Å². The van der Waals surface area contributed by atoms with Crippen molar-refractivity contribution < 1.29 is 0 Å². The molecule has 118 valence electrons. The van der Waals surface area contributed by atoms with Gasteiger partial charge in [0.1, 0.15) is 0 Å². The summed E-state index contributed by atoms with van der Waals surface area (Å²) in [7, 11) is 2.04. The first-order valence-corrected chi connectivity index (χ1v) is 8.67. The van der Waals surface area contributed by atoms with Gasteiger partial charge in [-0.15, -0.1) is 5.10 Å². The van der Waals surface area contributed by atoms with Gasteiger partial charge in [-0.1, -0.05) is 67.6 Å². The second-order valence-electron chi connectivity index (χ2n) is 6.02. The van der Waals surface area contributed by atoms with E-state index in [1.165, 1.54) is 10.2 Å².